The molecule has 0 aliphatic carbocycles. The first-order valence-electron chi connectivity index (χ1n) is 8.58. The molecular weight excluding hydrogens is 445 g/mol. The van der Waals surface area contributed by atoms with Gasteiger partial charge in [0.2, 0.25) is 0 Å². The van der Waals surface area contributed by atoms with Gasteiger partial charge in [0.05, 0.1) is 23.0 Å². The second-order valence-corrected chi connectivity index (χ2v) is 7.64. The standard InChI is InChI=1S/C17H16Cl3N5O4/c18-8-1-2-9(19)11(20)7(8)3-21-15-12-16(23-5-22-15)25(6-24-12)17-14(28)13(27)10(4-26)29-17/h1-2,5-6,10,13-14,17,26-28H,3-4H2,(H,21,22,23)/t10-,13-,14-,17?/m1/s1. The highest BCUT2D eigenvalue weighted by molar-refractivity contribution is 6.44. The second kappa shape index (κ2) is 8.19. The molecule has 1 saturated heterocycles. The smallest absolute Gasteiger partial charge is 0.167 e. The maximum Gasteiger partial charge on any atom is 0.167 e. The molecule has 1 fully saturated rings. The first-order valence-corrected chi connectivity index (χ1v) is 9.72. The first kappa shape index (κ1) is 20.5. The predicted molar refractivity (Wildman–Crippen MR) is 107 cm³/mol. The van der Waals surface area contributed by atoms with Gasteiger partial charge in [-0.25, -0.2) is 15.0 Å². The van der Waals surface area contributed by atoms with E-state index in [4.69, 9.17) is 39.5 Å². The van der Waals surface area contributed by atoms with Crippen molar-refractivity contribution in [3.8, 4) is 0 Å². The molecule has 4 rings (SSSR count). The largest absolute Gasteiger partial charge is 0.394 e. The SMILES string of the molecule is OC[C@H]1OC(n2cnc3c(NCc4c(Cl)ccc(Cl)c4Cl)ncnc32)[C@H](O)[C@@H]1O. The zero-order chi connectivity index (χ0) is 20.7. The fraction of sp³-hybridized carbons (Fsp3) is 0.353. The van der Waals surface area contributed by atoms with Crippen molar-refractivity contribution >= 4 is 51.8 Å². The van der Waals surface area contributed by atoms with Crippen LogP contribution in [0.4, 0.5) is 5.82 Å². The zero-order valence-electron chi connectivity index (χ0n) is 14.7. The number of aromatic nitrogens is 4. The molecule has 1 aliphatic heterocycles. The van der Waals surface area contributed by atoms with Crippen LogP contribution < -0.4 is 5.32 Å². The van der Waals surface area contributed by atoms with Gasteiger partial charge in [-0.2, -0.15) is 0 Å². The summed E-state index contributed by atoms with van der Waals surface area (Å²) in [5, 5.41) is 33.8. The van der Waals surface area contributed by atoms with Crippen molar-refractivity contribution in [2.45, 2.75) is 31.1 Å². The quantitative estimate of drug-likeness (QED) is 0.426. The number of anilines is 1. The summed E-state index contributed by atoms with van der Waals surface area (Å²) in [6.07, 6.45) is -1.59. The van der Waals surface area contributed by atoms with Gasteiger partial charge in [0.1, 0.15) is 24.6 Å². The Kier molecular flexibility index (Phi) is 5.80. The number of imidazole rings is 1. The van der Waals surface area contributed by atoms with Crippen LogP contribution in [0.2, 0.25) is 15.1 Å². The van der Waals surface area contributed by atoms with Crippen molar-refractivity contribution in [2.75, 3.05) is 11.9 Å². The number of hydrogen-bond donors (Lipinski definition) is 4. The molecule has 0 radical (unpaired) electrons. The number of hydrogen-bond acceptors (Lipinski definition) is 8. The number of nitrogens with zero attached hydrogens (tertiary/aromatic N) is 4. The minimum absolute atomic E-state index is 0.241. The van der Waals surface area contributed by atoms with E-state index >= 15 is 0 Å². The molecule has 4 atom stereocenters. The Balaban J connectivity index is 1.63. The number of ether oxygens (including phenoxy) is 1. The van der Waals surface area contributed by atoms with Gasteiger partial charge < -0.3 is 25.4 Å². The van der Waals surface area contributed by atoms with E-state index in [1.54, 1.807) is 12.1 Å². The number of halogens is 3. The van der Waals surface area contributed by atoms with Gasteiger partial charge >= 0.3 is 0 Å². The molecule has 1 unspecified atom stereocenters. The summed E-state index contributed by atoms with van der Waals surface area (Å²) in [6.45, 7) is -0.185. The molecule has 9 nitrogen and oxygen atoms in total. The van der Waals surface area contributed by atoms with Gasteiger partial charge in [-0.05, 0) is 12.1 Å². The van der Waals surface area contributed by atoms with Crippen LogP contribution >= 0.6 is 34.8 Å². The number of aliphatic hydroxyl groups is 3. The molecule has 1 aliphatic rings. The Bertz CT molecular complexity index is 1050. The number of nitrogens with one attached hydrogen (secondary N) is 1. The molecule has 0 bridgehead atoms. The minimum atomic E-state index is -1.25. The third-order valence-electron chi connectivity index (χ3n) is 4.72. The topological polar surface area (TPSA) is 126 Å². The molecule has 29 heavy (non-hydrogen) atoms. The van der Waals surface area contributed by atoms with Crippen molar-refractivity contribution in [2.24, 2.45) is 0 Å². The molecule has 1 aromatic carbocycles. The number of rotatable bonds is 5. The molecular formula is C17H16Cl3N5O4. The highest BCUT2D eigenvalue weighted by Gasteiger charge is 2.44. The average Bonchev–Trinajstić information content (AvgIpc) is 3.26. The molecule has 12 heteroatoms. The Morgan fingerprint density at radius 2 is 1.83 bits per heavy atom. The maximum atomic E-state index is 10.3. The van der Waals surface area contributed by atoms with Crippen LogP contribution in [-0.2, 0) is 11.3 Å². The van der Waals surface area contributed by atoms with E-state index < -0.39 is 31.1 Å². The third-order valence-corrected chi connectivity index (χ3v) is 5.92. The summed E-state index contributed by atoms with van der Waals surface area (Å²) in [6, 6.07) is 3.26. The van der Waals surface area contributed by atoms with Crippen LogP contribution in [0.25, 0.3) is 11.2 Å². The normalized spacial score (nSPS) is 24.3. The van der Waals surface area contributed by atoms with Crippen LogP contribution in [-0.4, -0.2) is 59.8 Å². The lowest BCUT2D eigenvalue weighted by molar-refractivity contribution is -0.0511. The summed E-state index contributed by atoms with van der Waals surface area (Å²) in [5.74, 6) is 0.410. The van der Waals surface area contributed by atoms with Gasteiger partial charge in [-0.15, -0.1) is 0 Å². The Labute approximate surface area is 179 Å². The van der Waals surface area contributed by atoms with Crippen LogP contribution in [0.3, 0.4) is 0 Å². The summed E-state index contributed by atoms with van der Waals surface area (Å²) in [5.41, 5.74) is 1.40. The molecule has 0 spiro atoms. The molecule has 4 N–H and O–H groups in total. The summed E-state index contributed by atoms with van der Waals surface area (Å²) in [4.78, 5) is 12.7. The second-order valence-electron chi connectivity index (χ2n) is 6.45. The fourth-order valence-electron chi connectivity index (χ4n) is 3.18. The van der Waals surface area contributed by atoms with Crippen molar-refractivity contribution in [3.05, 3.63) is 45.4 Å². The van der Waals surface area contributed by atoms with Gasteiger partial charge in [-0.1, -0.05) is 34.8 Å². The zero-order valence-corrected chi connectivity index (χ0v) is 17.0. The van der Waals surface area contributed by atoms with Crippen LogP contribution in [0, 0.1) is 0 Å². The highest BCUT2D eigenvalue weighted by atomic mass is 35.5. The lowest BCUT2D eigenvalue weighted by Gasteiger charge is -2.16. The molecule has 3 aromatic rings. The van der Waals surface area contributed by atoms with E-state index in [2.05, 4.69) is 20.3 Å². The van der Waals surface area contributed by atoms with Gasteiger partial charge in [0.25, 0.3) is 0 Å². The summed E-state index contributed by atoms with van der Waals surface area (Å²) in [7, 11) is 0. The average molecular weight is 461 g/mol. The number of benzene rings is 1. The van der Waals surface area contributed by atoms with Crippen LogP contribution in [0.1, 0.15) is 11.8 Å². The maximum absolute atomic E-state index is 10.3. The summed E-state index contributed by atoms with van der Waals surface area (Å²) >= 11 is 18.5. The van der Waals surface area contributed by atoms with Crippen molar-refractivity contribution < 1.29 is 20.1 Å². The van der Waals surface area contributed by atoms with Crippen LogP contribution in [0.5, 0.6) is 0 Å². The molecule has 2 aromatic heterocycles. The lowest BCUT2D eigenvalue weighted by Crippen LogP contribution is -2.33. The Hall–Kier alpha value is -1.72. The third kappa shape index (κ3) is 3.64. The molecule has 0 amide bonds. The van der Waals surface area contributed by atoms with Crippen molar-refractivity contribution in [1.29, 1.82) is 0 Å². The lowest BCUT2D eigenvalue weighted by atomic mass is 10.1. The Morgan fingerprint density at radius 1 is 1.07 bits per heavy atom. The van der Waals surface area contributed by atoms with E-state index in [1.165, 1.54) is 17.2 Å². The van der Waals surface area contributed by atoms with E-state index in [0.717, 1.165) is 0 Å². The highest BCUT2D eigenvalue weighted by Crippen LogP contribution is 2.34. The van der Waals surface area contributed by atoms with Gasteiger partial charge in [0.15, 0.2) is 23.2 Å². The van der Waals surface area contributed by atoms with E-state index in [-0.39, 0.29) is 6.54 Å². The van der Waals surface area contributed by atoms with Crippen molar-refractivity contribution in [1.82, 2.24) is 19.5 Å². The van der Waals surface area contributed by atoms with E-state index in [0.29, 0.717) is 37.6 Å². The fourth-order valence-corrected chi connectivity index (χ4v) is 3.86. The minimum Gasteiger partial charge on any atom is -0.394 e. The van der Waals surface area contributed by atoms with Crippen LogP contribution in [0.15, 0.2) is 24.8 Å². The monoisotopic (exact) mass is 459 g/mol. The number of aliphatic hydroxyl groups excluding tert-OH is 3. The predicted octanol–water partition coefficient (Wildman–Crippen LogP) is 2.01. The number of fused-ring (bicyclic) bond motifs is 1. The van der Waals surface area contributed by atoms with Gasteiger partial charge in [0, 0.05) is 17.1 Å². The molecule has 3 heterocycles. The molecule has 0 saturated carbocycles. The first-order chi connectivity index (χ1) is 13.9. The van der Waals surface area contributed by atoms with E-state index in [1.807, 2.05) is 0 Å². The molecule has 154 valence electrons. The van der Waals surface area contributed by atoms with E-state index in [9.17, 15) is 15.3 Å². The Morgan fingerprint density at radius 3 is 2.55 bits per heavy atom. The summed E-state index contributed by atoms with van der Waals surface area (Å²) < 4.78 is 7.02. The van der Waals surface area contributed by atoms with Gasteiger partial charge in [-0.3, -0.25) is 4.57 Å². The van der Waals surface area contributed by atoms with Crippen molar-refractivity contribution in [3.63, 3.8) is 0 Å².